The first kappa shape index (κ1) is 20.5. The smallest absolute Gasteiger partial charge is 0.340 e. The summed E-state index contributed by atoms with van der Waals surface area (Å²) in [7, 11) is 4.36. The molecule has 1 aliphatic carbocycles. The highest BCUT2D eigenvalue weighted by molar-refractivity contribution is 6.10. The molecule has 0 radical (unpaired) electrons. The number of aromatic nitrogens is 3. The Morgan fingerprint density at radius 2 is 1.94 bits per heavy atom. The molecule has 4 rings (SSSR count). The standard InChI is InChI=1S/C21H20FN5O4/c1-27(2)20(29)11-6-14(22)17(23-8-11)15-7-12-13(21(30)31-3)9-24-18(16(12)25-15)26-19(28)10-4-5-10/h6-10,25H,4-5H2,1-3H3,(H,24,26,28). The SMILES string of the molecule is COC(=O)c1cnc(NC(=O)C2CC2)c2[nH]c(-c3ncc(C(=O)N(C)C)cc3F)cc12. The van der Waals surface area contributed by atoms with Crippen molar-refractivity contribution in [3.05, 3.63) is 41.5 Å². The zero-order valence-corrected chi connectivity index (χ0v) is 17.2. The molecule has 0 aliphatic heterocycles. The number of rotatable bonds is 5. The quantitative estimate of drug-likeness (QED) is 0.607. The Labute approximate surface area is 176 Å². The molecule has 31 heavy (non-hydrogen) atoms. The minimum Gasteiger partial charge on any atom is -0.465 e. The van der Waals surface area contributed by atoms with Gasteiger partial charge in [-0.1, -0.05) is 0 Å². The molecule has 1 aliphatic rings. The predicted molar refractivity (Wildman–Crippen MR) is 110 cm³/mol. The average molecular weight is 425 g/mol. The summed E-state index contributed by atoms with van der Waals surface area (Å²) in [5.41, 5.74) is 0.834. The fraction of sp³-hybridized carbons (Fsp3) is 0.286. The summed E-state index contributed by atoms with van der Waals surface area (Å²) >= 11 is 0. The molecule has 0 atom stereocenters. The largest absolute Gasteiger partial charge is 0.465 e. The van der Waals surface area contributed by atoms with Crippen molar-refractivity contribution < 1.29 is 23.5 Å². The number of carbonyl (C=O) groups is 3. The number of ether oxygens (including phenoxy) is 1. The number of hydrogen-bond acceptors (Lipinski definition) is 6. The van der Waals surface area contributed by atoms with Gasteiger partial charge in [0.25, 0.3) is 5.91 Å². The Bertz CT molecular complexity index is 1220. The Kier molecular flexibility index (Phi) is 5.14. The van der Waals surface area contributed by atoms with E-state index in [2.05, 4.69) is 20.3 Å². The van der Waals surface area contributed by atoms with Gasteiger partial charge in [-0.2, -0.15) is 0 Å². The molecule has 3 aromatic heterocycles. The van der Waals surface area contributed by atoms with E-state index in [9.17, 15) is 18.8 Å². The molecule has 3 aromatic rings. The number of fused-ring (bicyclic) bond motifs is 1. The molecular formula is C21H20FN5O4. The fourth-order valence-corrected chi connectivity index (χ4v) is 3.19. The van der Waals surface area contributed by atoms with E-state index >= 15 is 0 Å². The highest BCUT2D eigenvalue weighted by atomic mass is 19.1. The third kappa shape index (κ3) is 3.83. The van der Waals surface area contributed by atoms with Crippen molar-refractivity contribution in [2.45, 2.75) is 12.8 Å². The lowest BCUT2D eigenvalue weighted by atomic mass is 10.1. The summed E-state index contributed by atoms with van der Waals surface area (Å²) in [6, 6.07) is 2.64. The number of pyridine rings is 2. The zero-order valence-electron chi connectivity index (χ0n) is 17.2. The van der Waals surface area contributed by atoms with Crippen molar-refractivity contribution in [3.63, 3.8) is 0 Å². The van der Waals surface area contributed by atoms with Gasteiger partial charge in [0.05, 0.1) is 29.4 Å². The summed E-state index contributed by atoms with van der Waals surface area (Å²) in [6.07, 6.45) is 4.22. The monoisotopic (exact) mass is 425 g/mol. The first-order valence-electron chi connectivity index (χ1n) is 9.58. The summed E-state index contributed by atoms with van der Waals surface area (Å²) < 4.78 is 19.6. The van der Waals surface area contributed by atoms with Crippen LogP contribution in [-0.2, 0) is 9.53 Å². The molecule has 0 spiro atoms. The lowest BCUT2D eigenvalue weighted by Crippen LogP contribution is -2.22. The van der Waals surface area contributed by atoms with E-state index in [0.29, 0.717) is 10.9 Å². The number of anilines is 1. The Morgan fingerprint density at radius 1 is 1.19 bits per heavy atom. The van der Waals surface area contributed by atoms with Gasteiger partial charge in [-0.25, -0.2) is 14.2 Å². The summed E-state index contributed by atoms with van der Waals surface area (Å²) in [4.78, 5) is 49.0. The Morgan fingerprint density at radius 3 is 2.55 bits per heavy atom. The maximum Gasteiger partial charge on any atom is 0.340 e. The molecule has 2 N–H and O–H groups in total. The fourth-order valence-electron chi connectivity index (χ4n) is 3.19. The first-order valence-corrected chi connectivity index (χ1v) is 9.58. The van der Waals surface area contributed by atoms with Gasteiger partial charge in [-0.05, 0) is 25.0 Å². The van der Waals surface area contributed by atoms with Gasteiger partial charge in [0, 0.05) is 37.8 Å². The molecule has 9 nitrogen and oxygen atoms in total. The van der Waals surface area contributed by atoms with Crippen LogP contribution in [0.1, 0.15) is 33.6 Å². The highest BCUT2D eigenvalue weighted by Crippen LogP contribution is 2.33. The predicted octanol–water partition coefficient (Wildman–Crippen LogP) is 2.60. The molecule has 0 bridgehead atoms. The van der Waals surface area contributed by atoms with Crippen molar-refractivity contribution >= 4 is 34.5 Å². The van der Waals surface area contributed by atoms with Gasteiger partial charge in [0.2, 0.25) is 5.91 Å². The number of aromatic amines is 1. The van der Waals surface area contributed by atoms with Crippen molar-refractivity contribution in [1.29, 1.82) is 0 Å². The van der Waals surface area contributed by atoms with E-state index in [1.165, 1.54) is 30.5 Å². The van der Waals surface area contributed by atoms with Crippen LogP contribution in [0.4, 0.5) is 10.2 Å². The number of esters is 1. The first-order chi connectivity index (χ1) is 14.8. The lowest BCUT2D eigenvalue weighted by Gasteiger charge is -2.10. The molecule has 0 saturated heterocycles. The second kappa shape index (κ2) is 7.78. The third-order valence-electron chi connectivity index (χ3n) is 5.01. The molecule has 2 amide bonds. The van der Waals surface area contributed by atoms with Crippen LogP contribution in [0.3, 0.4) is 0 Å². The van der Waals surface area contributed by atoms with Crippen molar-refractivity contribution in [2.75, 3.05) is 26.5 Å². The summed E-state index contributed by atoms with van der Waals surface area (Å²) in [5.74, 6) is -1.69. The van der Waals surface area contributed by atoms with E-state index < -0.39 is 11.8 Å². The van der Waals surface area contributed by atoms with Gasteiger partial charge >= 0.3 is 5.97 Å². The Balaban J connectivity index is 1.80. The van der Waals surface area contributed by atoms with Gasteiger partial charge < -0.3 is 19.9 Å². The van der Waals surface area contributed by atoms with Gasteiger partial charge in [-0.3, -0.25) is 14.6 Å². The molecule has 0 aromatic carbocycles. The molecule has 160 valence electrons. The molecule has 1 fully saturated rings. The van der Waals surface area contributed by atoms with Crippen molar-refractivity contribution in [3.8, 4) is 11.4 Å². The van der Waals surface area contributed by atoms with Crippen LogP contribution in [0.25, 0.3) is 22.3 Å². The number of methoxy groups -OCH3 is 1. The molecule has 1 saturated carbocycles. The third-order valence-corrected chi connectivity index (χ3v) is 5.01. The van der Waals surface area contributed by atoms with E-state index in [0.717, 1.165) is 18.9 Å². The van der Waals surface area contributed by atoms with Crippen LogP contribution in [-0.4, -0.2) is 58.8 Å². The van der Waals surface area contributed by atoms with Crippen LogP contribution >= 0.6 is 0 Å². The van der Waals surface area contributed by atoms with E-state index in [-0.39, 0.29) is 46.1 Å². The highest BCUT2D eigenvalue weighted by Gasteiger charge is 2.30. The molecular weight excluding hydrogens is 405 g/mol. The number of H-pyrrole nitrogens is 1. The van der Waals surface area contributed by atoms with E-state index in [1.54, 1.807) is 14.1 Å². The van der Waals surface area contributed by atoms with E-state index in [1.807, 2.05) is 0 Å². The Hall–Kier alpha value is -3.82. The van der Waals surface area contributed by atoms with Crippen LogP contribution in [0.2, 0.25) is 0 Å². The van der Waals surface area contributed by atoms with Crippen LogP contribution in [0.15, 0.2) is 24.5 Å². The molecule has 3 heterocycles. The topological polar surface area (TPSA) is 117 Å². The second-order valence-corrected chi connectivity index (χ2v) is 7.50. The maximum absolute atomic E-state index is 14.8. The normalized spacial score (nSPS) is 13.2. The van der Waals surface area contributed by atoms with Gasteiger partial charge in [0.1, 0.15) is 5.69 Å². The number of halogens is 1. The minimum absolute atomic E-state index is 0.0400. The maximum atomic E-state index is 14.8. The van der Waals surface area contributed by atoms with Crippen molar-refractivity contribution in [1.82, 2.24) is 19.9 Å². The number of amides is 2. The molecule has 0 unspecified atom stereocenters. The summed E-state index contributed by atoms with van der Waals surface area (Å²) in [6.45, 7) is 0. The number of carbonyl (C=O) groups excluding carboxylic acids is 3. The average Bonchev–Trinajstić information content (AvgIpc) is 3.51. The zero-order chi connectivity index (χ0) is 22.3. The van der Waals surface area contributed by atoms with Gasteiger partial charge in [-0.15, -0.1) is 0 Å². The molecule has 10 heteroatoms. The van der Waals surface area contributed by atoms with E-state index in [4.69, 9.17) is 4.74 Å². The van der Waals surface area contributed by atoms with Crippen LogP contribution in [0.5, 0.6) is 0 Å². The minimum atomic E-state index is -0.713. The number of hydrogen-bond donors (Lipinski definition) is 2. The van der Waals surface area contributed by atoms with Crippen LogP contribution in [0, 0.1) is 11.7 Å². The summed E-state index contributed by atoms with van der Waals surface area (Å²) in [5, 5.41) is 3.15. The van der Waals surface area contributed by atoms with Crippen molar-refractivity contribution in [2.24, 2.45) is 5.92 Å². The van der Waals surface area contributed by atoms with Gasteiger partial charge in [0.15, 0.2) is 11.6 Å². The van der Waals surface area contributed by atoms with Crippen LogP contribution < -0.4 is 5.32 Å². The number of nitrogens with one attached hydrogen (secondary N) is 2. The second-order valence-electron chi connectivity index (χ2n) is 7.50. The number of nitrogens with zero attached hydrogens (tertiary/aromatic N) is 3. The lowest BCUT2D eigenvalue weighted by molar-refractivity contribution is -0.117.